The number of rotatable bonds is 6. The molecule has 0 fully saturated rings. The van der Waals surface area contributed by atoms with E-state index < -0.39 is 0 Å². The van der Waals surface area contributed by atoms with Crippen molar-refractivity contribution in [2.24, 2.45) is 0 Å². The zero-order chi connectivity index (χ0) is 13.9. The molecule has 0 aliphatic carbocycles. The van der Waals surface area contributed by atoms with Crippen molar-refractivity contribution in [1.82, 2.24) is 9.97 Å². The Labute approximate surface area is 123 Å². The average molecular weight is 298 g/mol. The molecule has 1 unspecified atom stereocenters. The van der Waals surface area contributed by atoms with Gasteiger partial charge in [0.05, 0.1) is 5.39 Å². The monoisotopic (exact) mass is 297 g/mol. The Morgan fingerprint density at radius 1 is 1.37 bits per heavy atom. The molecule has 0 aliphatic heterocycles. The van der Waals surface area contributed by atoms with Crippen LogP contribution >= 0.6 is 22.9 Å². The van der Waals surface area contributed by atoms with Gasteiger partial charge in [-0.1, -0.05) is 13.8 Å². The van der Waals surface area contributed by atoms with Crippen molar-refractivity contribution in [3.05, 3.63) is 17.3 Å². The molecule has 0 amide bonds. The minimum Gasteiger partial charge on any atom is -0.364 e. The molecule has 0 bridgehead atoms. The van der Waals surface area contributed by atoms with Crippen LogP contribution in [0.4, 0.5) is 5.82 Å². The lowest BCUT2D eigenvalue weighted by Crippen LogP contribution is -2.34. The van der Waals surface area contributed by atoms with Gasteiger partial charge in [-0.2, -0.15) is 0 Å². The maximum Gasteiger partial charge on any atom is 0.138 e. The number of fused-ring (bicyclic) bond motifs is 1. The SMILES string of the molecule is CCc1cc2c(NC(C)(CC)CCCl)ncnc2s1. The van der Waals surface area contributed by atoms with Crippen molar-refractivity contribution in [3.63, 3.8) is 0 Å². The molecule has 0 saturated heterocycles. The molecule has 19 heavy (non-hydrogen) atoms. The van der Waals surface area contributed by atoms with E-state index in [-0.39, 0.29) is 5.54 Å². The van der Waals surface area contributed by atoms with Crippen LogP contribution in [0, 0.1) is 0 Å². The summed E-state index contributed by atoms with van der Waals surface area (Å²) in [7, 11) is 0. The summed E-state index contributed by atoms with van der Waals surface area (Å²) in [6.07, 6.45) is 4.60. The fraction of sp³-hybridized carbons (Fsp3) is 0.571. The molecule has 0 radical (unpaired) electrons. The zero-order valence-electron chi connectivity index (χ0n) is 11.7. The second-order valence-corrected chi connectivity index (χ2v) is 6.48. The van der Waals surface area contributed by atoms with Crippen molar-refractivity contribution >= 4 is 39.0 Å². The highest BCUT2D eigenvalue weighted by Gasteiger charge is 2.22. The number of nitrogens with zero attached hydrogens (tertiary/aromatic N) is 2. The van der Waals surface area contributed by atoms with Gasteiger partial charge in [-0.3, -0.25) is 0 Å². The lowest BCUT2D eigenvalue weighted by atomic mass is 9.95. The molecule has 2 rings (SSSR count). The Hall–Kier alpha value is -0.870. The number of hydrogen-bond acceptors (Lipinski definition) is 4. The van der Waals surface area contributed by atoms with Crippen molar-refractivity contribution < 1.29 is 0 Å². The largest absolute Gasteiger partial charge is 0.364 e. The van der Waals surface area contributed by atoms with Crippen LogP contribution in [0.5, 0.6) is 0 Å². The molecule has 2 aromatic rings. The number of anilines is 1. The van der Waals surface area contributed by atoms with Crippen LogP contribution in [0.15, 0.2) is 12.4 Å². The minimum absolute atomic E-state index is 0.0165. The molecule has 0 spiro atoms. The standard InChI is InChI=1S/C14H20ClN3S/c1-4-10-8-11-12(16-9-17-13(11)19-10)18-14(3,5-2)6-7-15/h8-9H,4-7H2,1-3H3,(H,16,17,18). The highest BCUT2D eigenvalue weighted by atomic mass is 35.5. The van der Waals surface area contributed by atoms with Crippen LogP contribution in [0.25, 0.3) is 10.2 Å². The first-order valence-electron chi connectivity index (χ1n) is 6.69. The van der Waals surface area contributed by atoms with Crippen LogP contribution in [0.2, 0.25) is 0 Å². The lowest BCUT2D eigenvalue weighted by molar-refractivity contribution is 0.480. The van der Waals surface area contributed by atoms with E-state index in [2.05, 4.69) is 42.1 Å². The third-order valence-corrected chi connectivity index (χ3v) is 4.95. The summed E-state index contributed by atoms with van der Waals surface area (Å²) < 4.78 is 0. The Morgan fingerprint density at radius 3 is 2.79 bits per heavy atom. The summed E-state index contributed by atoms with van der Waals surface area (Å²) in [5.74, 6) is 1.57. The highest BCUT2D eigenvalue weighted by Crippen LogP contribution is 2.31. The molecule has 2 aromatic heterocycles. The summed E-state index contributed by atoms with van der Waals surface area (Å²) >= 11 is 7.65. The third kappa shape index (κ3) is 3.18. The summed E-state index contributed by atoms with van der Waals surface area (Å²) in [6.45, 7) is 6.52. The van der Waals surface area contributed by atoms with Crippen LogP contribution in [-0.2, 0) is 6.42 Å². The van der Waals surface area contributed by atoms with E-state index in [9.17, 15) is 0 Å². The lowest BCUT2D eigenvalue weighted by Gasteiger charge is -2.29. The Kier molecular flexibility index (Phi) is 4.63. The number of aryl methyl sites for hydroxylation is 1. The molecule has 5 heteroatoms. The number of alkyl halides is 1. The fourth-order valence-electron chi connectivity index (χ4n) is 2.00. The summed E-state index contributed by atoms with van der Waals surface area (Å²) in [5, 5.41) is 4.68. The minimum atomic E-state index is -0.0165. The van der Waals surface area contributed by atoms with Crippen molar-refractivity contribution in [3.8, 4) is 0 Å². The highest BCUT2D eigenvalue weighted by molar-refractivity contribution is 7.18. The number of nitrogens with one attached hydrogen (secondary N) is 1. The summed E-state index contributed by atoms with van der Waals surface area (Å²) in [6, 6.07) is 2.19. The first-order chi connectivity index (χ1) is 9.11. The van der Waals surface area contributed by atoms with Crippen molar-refractivity contribution in [1.29, 1.82) is 0 Å². The van der Waals surface area contributed by atoms with Crippen molar-refractivity contribution in [2.75, 3.05) is 11.2 Å². The number of aromatic nitrogens is 2. The fourth-order valence-corrected chi connectivity index (χ4v) is 3.35. The molecule has 1 atom stereocenters. The maximum atomic E-state index is 5.91. The molecular weight excluding hydrogens is 278 g/mol. The van der Waals surface area contributed by atoms with Crippen LogP contribution in [0.1, 0.15) is 38.5 Å². The second-order valence-electron chi connectivity index (χ2n) is 4.99. The van der Waals surface area contributed by atoms with E-state index in [1.165, 1.54) is 4.88 Å². The Bertz CT molecular complexity index is 555. The predicted molar refractivity (Wildman–Crippen MR) is 84.4 cm³/mol. The van der Waals surface area contributed by atoms with E-state index in [0.29, 0.717) is 5.88 Å². The molecule has 0 saturated carbocycles. The van der Waals surface area contributed by atoms with Gasteiger partial charge in [0.15, 0.2) is 0 Å². The average Bonchev–Trinajstić information content (AvgIpc) is 2.83. The van der Waals surface area contributed by atoms with Crippen molar-refractivity contribution in [2.45, 2.75) is 45.6 Å². The zero-order valence-corrected chi connectivity index (χ0v) is 13.2. The van der Waals surface area contributed by atoms with E-state index in [1.807, 2.05) is 0 Å². The molecule has 2 heterocycles. The van der Waals surface area contributed by atoms with Crippen LogP contribution in [0.3, 0.4) is 0 Å². The molecule has 104 valence electrons. The van der Waals surface area contributed by atoms with Gasteiger partial charge in [-0.15, -0.1) is 22.9 Å². The van der Waals surface area contributed by atoms with Gasteiger partial charge in [0.2, 0.25) is 0 Å². The van der Waals surface area contributed by atoms with E-state index in [4.69, 9.17) is 11.6 Å². The number of hydrogen-bond donors (Lipinski definition) is 1. The second kappa shape index (κ2) is 6.06. The number of halogens is 1. The molecule has 3 nitrogen and oxygen atoms in total. The van der Waals surface area contributed by atoms with Gasteiger partial charge < -0.3 is 5.32 Å². The predicted octanol–water partition coefficient (Wildman–Crippen LogP) is 4.46. The smallest absolute Gasteiger partial charge is 0.138 e. The van der Waals surface area contributed by atoms with Crippen LogP contribution < -0.4 is 5.32 Å². The van der Waals surface area contributed by atoms with Gasteiger partial charge in [-0.05, 0) is 32.3 Å². The molecule has 0 aromatic carbocycles. The number of thiophene rings is 1. The Balaban J connectivity index is 2.36. The van der Waals surface area contributed by atoms with Crippen LogP contribution in [-0.4, -0.2) is 21.4 Å². The normalized spacial score (nSPS) is 14.5. The molecule has 0 aliphatic rings. The maximum absolute atomic E-state index is 5.91. The van der Waals surface area contributed by atoms with Gasteiger partial charge in [0.1, 0.15) is 17.0 Å². The first-order valence-corrected chi connectivity index (χ1v) is 8.04. The van der Waals surface area contributed by atoms with Gasteiger partial charge in [-0.25, -0.2) is 9.97 Å². The van der Waals surface area contributed by atoms with Gasteiger partial charge in [0.25, 0.3) is 0 Å². The van der Waals surface area contributed by atoms with Gasteiger partial charge >= 0.3 is 0 Å². The topological polar surface area (TPSA) is 37.8 Å². The Morgan fingerprint density at radius 2 is 2.16 bits per heavy atom. The van der Waals surface area contributed by atoms with E-state index >= 15 is 0 Å². The van der Waals surface area contributed by atoms with E-state index in [1.54, 1.807) is 17.7 Å². The molecular formula is C14H20ClN3S. The molecule has 1 N–H and O–H groups in total. The summed E-state index contributed by atoms with van der Waals surface area (Å²) in [5.41, 5.74) is -0.0165. The van der Waals surface area contributed by atoms with E-state index in [0.717, 1.165) is 35.3 Å². The van der Waals surface area contributed by atoms with Gasteiger partial charge in [0, 0.05) is 16.3 Å². The summed E-state index contributed by atoms with van der Waals surface area (Å²) in [4.78, 5) is 11.2. The first kappa shape index (κ1) is 14.5. The third-order valence-electron chi connectivity index (χ3n) is 3.58. The quantitative estimate of drug-likeness (QED) is 0.800.